The molecule has 0 N–H and O–H groups in total. The van der Waals surface area contributed by atoms with Crippen molar-refractivity contribution in [3.63, 3.8) is 0 Å². The molecule has 1 aromatic rings. The second kappa shape index (κ2) is 7.28. The van der Waals surface area contributed by atoms with Crippen molar-refractivity contribution in [1.29, 1.82) is 0 Å². The first kappa shape index (κ1) is 17.0. The lowest BCUT2D eigenvalue weighted by Gasteiger charge is -2.39. The zero-order valence-electron chi connectivity index (χ0n) is 14.8. The summed E-state index contributed by atoms with van der Waals surface area (Å²) in [5.74, 6) is 0. The summed E-state index contributed by atoms with van der Waals surface area (Å²) >= 11 is 0. The fourth-order valence-corrected chi connectivity index (χ4v) is 3.27. The summed E-state index contributed by atoms with van der Waals surface area (Å²) in [6, 6.07) is 4.58. The minimum Gasteiger partial charge on any atom is -0.370 e. The van der Waals surface area contributed by atoms with Crippen LogP contribution in [-0.4, -0.2) is 31.4 Å². The van der Waals surface area contributed by atoms with E-state index in [0.717, 1.165) is 44.5 Å². The molecular formula is C19H30N2O. The van der Waals surface area contributed by atoms with Crippen molar-refractivity contribution in [3.05, 3.63) is 28.8 Å². The van der Waals surface area contributed by atoms with Crippen LogP contribution in [0.1, 0.15) is 56.7 Å². The van der Waals surface area contributed by atoms with Crippen LogP contribution in [0.4, 0.5) is 5.69 Å². The molecule has 22 heavy (non-hydrogen) atoms. The predicted molar refractivity (Wildman–Crippen MR) is 94.2 cm³/mol. The highest BCUT2D eigenvalue weighted by atomic mass is 16.5. The maximum atomic E-state index is 6.25. The highest BCUT2D eigenvalue weighted by Crippen LogP contribution is 2.41. The van der Waals surface area contributed by atoms with Crippen LogP contribution in [0, 0.1) is 6.92 Å². The molecule has 0 saturated carbocycles. The van der Waals surface area contributed by atoms with Gasteiger partial charge in [-0.1, -0.05) is 26.3 Å². The number of rotatable bonds is 6. The summed E-state index contributed by atoms with van der Waals surface area (Å²) in [7, 11) is 2.05. The van der Waals surface area contributed by atoms with E-state index >= 15 is 0 Å². The van der Waals surface area contributed by atoms with Gasteiger partial charge < -0.3 is 9.64 Å². The summed E-state index contributed by atoms with van der Waals surface area (Å²) in [5, 5.41) is 0. The first-order valence-corrected chi connectivity index (χ1v) is 8.58. The van der Waals surface area contributed by atoms with Crippen LogP contribution in [0.3, 0.4) is 0 Å². The lowest BCUT2D eigenvalue weighted by atomic mass is 9.80. The number of nitrogens with zero attached hydrogens (tertiary/aromatic N) is 2. The minimum atomic E-state index is -0.0878. The van der Waals surface area contributed by atoms with E-state index in [1.165, 1.54) is 16.7 Å². The quantitative estimate of drug-likeness (QED) is 0.567. The molecular weight excluding hydrogens is 272 g/mol. The molecule has 1 heterocycles. The Labute approximate surface area is 135 Å². The van der Waals surface area contributed by atoms with E-state index in [9.17, 15) is 0 Å². The molecule has 0 radical (unpaired) electrons. The predicted octanol–water partition coefficient (Wildman–Crippen LogP) is 4.58. The Hall–Kier alpha value is -1.35. The SMILES string of the molecule is CCCC1(CC)OCCc2cc(/N=C/N(C)CC)c(C)cc21. The van der Waals surface area contributed by atoms with Crippen LogP contribution in [-0.2, 0) is 16.8 Å². The smallest absolute Gasteiger partial charge is 0.0931 e. The van der Waals surface area contributed by atoms with E-state index in [2.05, 4.69) is 56.8 Å². The second-order valence-corrected chi connectivity index (χ2v) is 6.31. The lowest BCUT2D eigenvalue weighted by Crippen LogP contribution is -2.35. The van der Waals surface area contributed by atoms with Gasteiger partial charge in [-0.3, -0.25) is 0 Å². The molecule has 122 valence electrons. The molecule has 0 spiro atoms. The first-order valence-electron chi connectivity index (χ1n) is 8.58. The Morgan fingerprint density at radius 3 is 2.73 bits per heavy atom. The van der Waals surface area contributed by atoms with E-state index in [1.54, 1.807) is 0 Å². The maximum absolute atomic E-state index is 6.25. The number of fused-ring (bicyclic) bond motifs is 1. The van der Waals surface area contributed by atoms with E-state index in [4.69, 9.17) is 4.74 Å². The summed E-state index contributed by atoms with van der Waals surface area (Å²) in [6.45, 7) is 10.5. The minimum absolute atomic E-state index is 0.0878. The van der Waals surface area contributed by atoms with E-state index in [1.807, 2.05) is 6.34 Å². The normalized spacial score (nSPS) is 21.1. The Kier molecular flexibility index (Phi) is 5.63. The van der Waals surface area contributed by atoms with Crippen LogP contribution in [0.5, 0.6) is 0 Å². The zero-order chi connectivity index (χ0) is 16.2. The third-order valence-corrected chi connectivity index (χ3v) is 4.78. The van der Waals surface area contributed by atoms with Gasteiger partial charge in [-0.2, -0.15) is 0 Å². The van der Waals surface area contributed by atoms with Crippen LogP contribution in [0.25, 0.3) is 0 Å². The molecule has 0 amide bonds. The molecule has 0 bridgehead atoms. The summed E-state index contributed by atoms with van der Waals surface area (Å²) in [5.41, 5.74) is 5.04. The van der Waals surface area contributed by atoms with Crippen molar-refractivity contribution in [2.45, 2.75) is 59.0 Å². The topological polar surface area (TPSA) is 24.8 Å². The fraction of sp³-hybridized carbons (Fsp3) is 0.632. The zero-order valence-corrected chi connectivity index (χ0v) is 14.8. The van der Waals surface area contributed by atoms with E-state index in [-0.39, 0.29) is 5.60 Å². The van der Waals surface area contributed by atoms with Gasteiger partial charge in [0.15, 0.2) is 0 Å². The molecule has 1 unspecified atom stereocenters. The average molecular weight is 302 g/mol. The van der Waals surface area contributed by atoms with Crippen LogP contribution < -0.4 is 0 Å². The van der Waals surface area contributed by atoms with Crippen molar-refractivity contribution < 1.29 is 4.74 Å². The van der Waals surface area contributed by atoms with Gasteiger partial charge in [0.2, 0.25) is 0 Å². The van der Waals surface area contributed by atoms with Gasteiger partial charge in [-0.05, 0) is 55.9 Å². The molecule has 1 aliphatic heterocycles. The number of aliphatic imine (C=N–C) groups is 1. The van der Waals surface area contributed by atoms with Crippen molar-refractivity contribution in [1.82, 2.24) is 4.90 Å². The summed E-state index contributed by atoms with van der Waals surface area (Å²) in [6.07, 6.45) is 6.19. The van der Waals surface area contributed by atoms with Crippen LogP contribution in [0.2, 0.25) is 0 Å². The van der Waals surface area contributed by atoms with Crippen molar-refractivity contribution in [2.75, 3.05) is 20.2 Å². The van der Waals surface area contributed by atoms with Gasteiger partial charge >= 0.3 is 0 Å². The number of aryl methyl sites for hydroxylation is 1. The van der Waals surface area contributed by atoms with Gasteiger partial charge in [0.05, 0.1) is 24.2 Å². The molecule has 0 saturated heterocycles. The molecule has 0 fully saturated rings. The fourth-order valence-electron chi connectivity index (χ4n) is 3.27. The Morgan fingerprint density at radius 1 is 1.32 bits per heavy atom. The third-order valence-electron chi connectivity index (χ3n) is 4.78. The monoisotopic (exact) mass is 302 g/mol. The van der Waals surface area contributed by atoms with Gasteiger partial charge in [0.1, 0.15) is 0 Å². The van der Waals surface area contributed by atoms with Crippen LogP contribution in [0.15, 0.2) is 17.1 Å². The highest BCUT2D eigenvalue weighted by Gasteiger charge is 2.35. The Balaban J connectivity index is 2.40. The second-order valence-electron chi connectivity index (χ2n) is 6.31. The average Bonchev–Trinajstić information content (AvgIpc) is 2.53. The number of hydrogen-bond acceptors (Lipinski definition) is 2. The number of ether oxygens (including phenoxy) is 1. The van der Waals surface area contributed by atoms with Crippen molar-refractivity contribution in [3.8, 4) is 0 Å². The molecule has 2 rings (SSSR count). The molecule has 0 aromatic heterocycles. The van der Waals surface area contributed by atoms with Crippen molar-refractivity contribution >= 4 is 12.0 Å². The van der Waals surface area contributed by atoms with E-state index < -0.39 is 0 Å². The van der Waals surface area contributed by atoms with Crippen LogP contribution >= 0.6 is 0 Å². The molecule has 1 aromatic carbocycles. The maximum Gasteiger partial charge on any atom is 0.0931 e. The molecule has 1 atom stereocenters. The van der Waals surface area contributed by atoms with E-state index in [0.29, 0.717) is 0 Å². The number of hydrogen-bond donors (Lipinski definition) is 0. The van der Waals surface area contributed by atoms with Gasteiger partial charge in [-0.25, -0.2) is 4.99 Å². The largest absolute Gasteiger partial charge is 0.370 e. The molecule has 3 heteroatoms. The molecule has 3 nitrogen and oxygen atoms in total. The first-order chi connectivity index (χ1) is 10.6. The standard InChI is InChI=1S/C19H30N2O/c1-6-10-19(7-2)17-12-15(4)18(20-14-21(5)8-3)13-16(17)9-11-22-19/h12-14H,6-11H2,1-5H3/b20-14+. The van der Waals surface area contributed by atoms with Gasteiger partial charge in [-0.15, -0.1) is 0 Å². The molecule has 1 aliphatic rings. The molecule has 0 aliphatic carbocycles. The summed E-state index contributed by atoms with van der Waals surface area (Å²) < 4.78 is 6.25. The Morgan fingerprint density at radius 2 is 2.09 bits per heavy atom. The van der Waals surface area contributed by atoms with Gasteiger partial charge in [0.25, 0.3) is 0 Å². The Bertz CT molecular complexity index is 538. The summed E-state index contributed by atoms with van der Waals surface area (Å²) in [4.78, 5) is 6.76. The van der Waals surface area contributed by atoms with Crippen molar-refractivity contribution in [2.24, 2.45) is 4.99 Å². The third kappa shape index (κ3) is 3.35. The lowest BCUT2D eigenvalue weighted by molar-refractivity contribution is -0.0699. The highest BCUT2D eigenvalue weighted by molar-refractivity contribution is 5.64. The number of benzene rings is 1. The van der Waals surface area contributed by atoms with Gasteiger partial charge in [0, 0.05) is 13.6 Å².